The van der Waals surface area contributed by atoms with Gasteiger partial charge in [0.05, 0.1) is 6.61 Å². The lowest BCUT2D eigenvalue weighted by Crippen LogP contribution is -2.06. The largest absolute Gasteiger partial charge is 0.493 e. The highest BCUT2D eigenvalue weighted by Gasteiger charge is 2.06. The first-order valence-corrected chi connectivity index (χ1v) is 7.26. The lowest BCUT2D eigenvalue weighted by Gasteiger charge is -2.08. The van der Waals surface area contributed by atoms with Gasteiger partial charge in [-0.15, -0.1) is 0 Å². The van der Waals surface area contributed by atoms with Gasteiger partial charge in [0.25, 0.3) is 0 Å². The standard InChI is InChI=1S/C15H19NO3S/c1-2-3-4-7-18-12-5-6-13-11(10-16-20)8-15(17)19-14(13)9-12/h5-6,8-9,16,20H,2-4,7,10H2,1H3. The number of ether oxygens (including phenoxy) is 1. The summed E-state index contributed by atoms with van der Waals surface area (Å²) in [6.45, 7) is 3.34. The average Bonchev–Trinajstić information content (AvgIpc) is 2.43. The molecule has 1 N–H and O–H groups in total. The van der Waals surface area contributed by atoms with Crippen LogP contribution >= 0.6 is 12.8 Å². The van der Waals surface area contributed by atoms with Crippen molar-refractivity contribution in [3.63, 3.8) is 0 Å². The molecule has 108 valence electrons. The van der Waals surface area contributed by atoms with Crippen LogP contribution in [0.2, 0.25) is 0 Å². The quantitative estimate of drug-likeness (QED) is 0.467. The first-order valence-electron chi connectivity index (χ1n) is 6.81. The molecule has 5 heteroatoms. The Morgan fingerprint density at radius 2 is 2.15 bits per heavy atom. The summed E-state index contributed by atoms with van der Waals surface area (Å²) >= 11 is 3.97. The van der Waals surface area contributed by atoms with Crippen LogP contribution < -0.4 is 15.1 Å². The number of nitrogens with one attached hydrogen (secondary N) is 1. The topological polar surface area (TPSA) is 51.5 Å². The Balaban J connectivity index is 2.22. The third kappa shape index (κ3) is 3.77. The lowest BCUT2D eigenvalue weighted by atomic mass is 10.1. The van der Waals surface area contributed by atoms with Gasteiger partial charge >= 0.3 is 5.63 Å². The summed E-state index contributed by atoms with van der Waals surface area (Å²) in [5.41, 5.74) is 1.05. The van der Waals surface area contributed by atoms with Crippen molar-refractivity contribution in [3.05, 3.63) is 40.2 Å². The lowest BCUT2D eigenvalue weighted by molar-refractivity contribution is 0.306. The highest BCUT2D eigenvalue weighted by Crippen LogP contribution is 2.23. The van der Waals surface area contributed by atoms with Gasteiger partial charge in [-0.3, -0.25) is 4.72 Å². The van der Waals surface area contributed by atoms with Crippen molar-refractivity contribution in [2.45, 2.75) is 32.7 Å². The molecule has 2 rings (SSSR count). The SMILES string of the molecule is CCCCCOc1ccc2c(CNS)cc(=O)oc2c1. The molecule has 0 saturated heterocycles. The van der Waals surface area contributed by atoms with E-state index in [2.05, 4.69) is 24.5 Å². The van der Waals surface area contributed by atoms with Crippen molar-refractivity contribution < 1.29 is 9.15 Å². The number of benzene rings is 1. The normalized spacial score (nSPS) is 10.9. The van der Waals surface area contributed by atoms with Gasteiger partial charge < -0.3 is 9.15 Å². The second-order valence-corrected chi connectivity index (χ2v) is 4.96. The molecule has 1 heterocycles. The zero-order valence-electron chi connectivity index (χ0n) is 11.5. The molecular formula is C15H19NO3S. The van der Waals surface area contributed by atoms with Crippen LogP contribution in [0.5, 0.6) is 5.75 Å². The molecule has 1 aromatic heterocycles. The highest BCUT2D eigenvalue weighted by atomic mass is 32.1. The number of hydrogen-bond donors (Lipinski definition) is 2. The van der Waals surface area contributed by atoms with Crippen LogP contribution in [0.15, 0.2) is 33.5 Å². The maximum Gasteiger partial charge on any atom is 0.336 e. The Labute approximate surface area is 123 Å². The molecule has 0 amide bonds. The molecule has 4 nitrogen and oxygen atoms in total. The van der Waals surface area contributed by atoms with Gasteiger partial charge in [-0.05, 0) is 24.1 Å². The molecule has 20 heavy (non-hydrogen) atoms. The van der Waals surface area contributed by atoms with E-state index in [1.165, 1.54) is 6.07 Å². The fourth-order valence-electron chi connectivity index (χ4n) is 2.07. The van der Waals surface area contributed by atoms with Gasteiger partial charge in [-0.25, -0.2) is 4.79 Å². The van der Waals surface area contributed by atoms with E-state index in [4.69, 9.17) is 9.15 Å². The summed E-state index contributed by atoms with van der Waals surface area (Å²) in [7, 11) is 0. The monoisotopic (exact) mass is 293 g/mol. The zero-order chi connectivity index (χ0) is 14.4. The third-order valence-electron chi connectivity index (χ3n) is 3.09. The van der Waals surface area contributed by atoms with Crippen LogP contribution in [0.25, 0.3) is 11.0 Å². The van der Waals surface area contributed by atoms with Crippen molar-refractivity contribution in [2.24, 2.45) is 0 Å². The van der Waals surface area contributed by atoms with E-state index in [0.717, 1.165) is 36.0 Å². The van der Waals surface area contributed by atoms with E-state index in [1.54, 1.807) is 6.07 Å². The average molecular weight is 293 g/mol. The predicted octanol–water partition coefficient (Wildman–Crippen LogP) is 3.30. The number of thiol groups is 1. The summed E-state index contributed by atoms with van der Waals surface area (Å²) in [6.07, 6.45) is 3.35. The molecule has 0 saturated carbocycles. The Kier molecular flexibility index (Phi) is 5.49. The van der Waals surface area contributed by atoms with Crippen molar-refractivity contribution in [3.8, 4) is 5.75 Å². The molecule has 2 aromatic rings. The van der Waals surface area contributed by atoms with Gasteiger partial charge in [0.1, 0.15) is 11.3 Å². The molecule has 0 aliphatic heterocycles. The summed E-state index contributed by atoms with van der Waals surface area (Å²) in [5, 5.41) is 0.895. The van der Waals surface area contributed by atoms with Crippen molar-refractivity contribution in [1.82, 2.24) is 4.72 Å². The van der Waals surface area contributed by atoms with Gasteiger partial charge in [0, 0.05) is 24.1 Å². The van der Waals surface area contributed by atoms with Crippen LogP contribution in [0.4, 0.5) is 0 Å². The van der Waals surface area contributed by atoms with Crippen LogP contribution in [0, 0.1) is 0 Å². The van der Waals surface area contributed by atoms with E-state index in [-0.39, 0.29) is 5.63 Å². The van der Waals surface area contributed by atoms with Crippen LogP contribution in [-0.4, -0.2) is 6.61 Å². The van der Waals surface area contributed by atoms with Crippen molar-refractivity contribution in [1.29, 1.82) is 0 Å². The molecule has 0 spiro atoms. The van der Waals surface area contributed by atoms with Crippen molar-refractivity contribution >= 4 is 23.8 Å². The fourth-order valence-corrected chi connectivity index (χ4v) is 2.24. The molecule has 0 radical (unpaired) electrons. The summed E-state index contributed by atoms with van der Waals surface area (Å²) < 4.78 is 13.6. The highest BCUT2D eigenvalue weighted by molar-refractivity contribution is 7.78. The van der Waals surface area contributed by atoms with E-state index in [1.807, 2.05) is 12.1 Å². The van der Waals surface area contributed by atoms with Gasteiger partial charge in [-0.1, -0.05) is 32.6 Å². The summed E-state index contributed by atoms with van der Waals surface area (Å²) in [6, 6.07) is 7.06. The third-order valence-corrected chi connectivity index (χ3v) is 3.25. The molecule has 0 bridgehead atoms. The smallest absolute Gasteiger partial charge is 0.336 e. The number of fused-ring (bicyclic) bond motifs is 1. The second kappa shape index (κ2) is 7.36. The minimum Gasteiger partial charge on any atom is -0.493 e. The van der Waals surface area contributed by atoms with Crippen molar-refractivity contribution in [2.75, 3.05) is 6.61 Å². The van der Waals surface area contributed by atoms with Crippen LogP contribution in [0.3, 0.4) is 0 Å². The number of rotatable bonds is 7. The predicted molar refractivity (Wildman–Crippen MR) is 83.3 cm³/mol. The van der Waals surface area contributed by atoms with Gasteiger partial charge in [-0.2, -0.15) is 0 Å². The van der Waals surface area contributed by atoms with E-state index >= 15 is 0 Å². The van der Waals surface area contributed by atoms with E-state index in [0.29, 0.717) is 18.7 Å². The maximum absolute atomic E-state index is 11.5. The van der Waals surface area contributed by atoms with E-state index < -0.39 is 0 Å². The number of unbranched alkanes of at least 4 members (excludes halogenated alkanes) is 2. The zero-order valence-corrected chi connectivity index (χ0v) is 12.4. The first kappa shape index (κ1) is 14.9. The van der Waals surface area contributed by atoms with E-state index in [9.17, 15) is 4.79 Å². The molecule has 0 atom stereocenters. The molecule has 0 aliphatic carbocycles. The summed E-state index contributed by atoms with van der Waals surface area (Å²) in [5.74, 6) is 0.729. The minimum atomic E-state index is -0.362. The number of hydrogen-bond acceptors (Lipinski definition) is 5. The molecule has 0 aliphatic rings. The van der Waals surface area contributed by atoms with Gasteiger partial charge in [0.15, 0.2) is 0 Å². The summed E-state index contributed by atoms with van der Waals surface area (Å²) in [4.78, 5) is 11.5. The Bertz CT molecular complexity index is 624. The maximum atomic E-state index is 11.5. The Morgan fingerprint density at radius 1 is 1.30 bits per heavy atom. The Hall–Kier alpha value is -1.46. The fraction of sp³-hybridized carbons (Fsp3) is 0.400. The first-order chi connectivity index (χ1) is 9.74. The molecule has 0 unspecified atom stereocenters. The molecule has 0 fully saturated rings. The van der Waals surface area contributed by atoms with Gasteiger partial charge in [0.2, 0.25) is 0 Å². The van der Waals surface area contributed by atoms with Crippen LogP contribution in [0.1, 0.15) is 31.7 Å². The Morgan fingerprint density at radius 3 is 2.90 bits per heavy atom. The molecule has 1 aromatic carbocycles. The molecular weight excluding hydrogens is 274 g/mol. The minimum absolute atomic E-state index is 0.362. The second-order valence-electron chi connectivity index (χ2n) is 4.64. The van der Waals surface area contributed by atoms with Crippen LogP contribution in [-0.2, 0) is 6.54 Å².